The normalized spacial score (nSPS) is 8.75. The first kappa shape index (κ1) is 17.4. The molecule has 0 saturated carbocycles. The molecule has 1 aromatic carbocycles. The van der Waals surface area contributed by atoms with Gasteiger partial charge in [0.25, 0.3) is 5.69 Å². The van der Waals surface area contributed by atoms with E-state index in [-0.39, 0.29) is 18.3 Å². The molecule has 8 heteroatoms. The van der Waals surface area contributed by atoms with Crippen molar-refractivity contribution in [1.82, 2.24) is 10.2 Å². The largest absolute Gasteiger partial charge is 0.468 e. The van der Waals surface area contributed by atoms with Gasteiger partial charge in [0.2, 0.25) is 0 Å². The number of hydrogen-bond acceptors (Lipinski definition) is 5. The van der Waals surface area contributed by atoms with E-state index in [0.29, 0.717) is 0 Å². The minimum atomic E-state index is -0.434. The maximum absolute atomic E-state index is 10.8. The number of hydrogen-bond donors (Lipinski definition) is 1. The summed E-state index contributed by atoms with van der Waals surface area (Å²) in [7, 11) is 4.28. The van der Waals surface area contributed by atoms with Crippen LogP contribution in [-0.2, 0) is 9.53 Å². The first-order valence-electron chi connectivity index (χ1n) is 5.61. The van der Waals surface area contributed by atoms with Gasteiger partial charge in [0, 0.05) is 26.2 Å². The number of methoxy groups -OCH3 is 1. The van der Waals surface area contributed by atoms with Crippen LogP contribution >= 0.6 is 0 Å². The first-order chi connectivity index (χ1) is 9.42. The summed E-state index contributed by atoms with van der Waals surface area (Å²) in [4.78, 5) is 32.2. The zero-order valence-corrected chi connectivity index (χ0v) is 11.5. The van der Waals surface area contributed by atoms with Gasteiger partial charge in [-0.05, 0) is 0 Å². The van der Waals surface area contributed by atoms with Gasteiger partial charge in [0.1, 0.15) is 6.54 Å². The molecule has 1 N–H and O–H groups in total. The highest BCUT2D eigenvalue weighted by Gasteiger charge is 2.10. The Morgan fingerprint density at radius 2 is 1.90 bits per heavy atom. The molecule has 0 bridgehead atoms. The zero-order valence-electron chi connectivity index (χ0n) is 11.5. The van der Waals surface area contributed by atoms with Crippen LogP contribution in [0.1, 0.15) is 0 Å². The average Bonchev–Trinajstić information content (AvgIpc) is 2.47. The molecule has 110 valence electrons. The van der Waals surface area contributed by atoms with Crippen molar-refractivity contribution in [3.63, 3.8) is 0 Å². The Labute approximate surface area is 116 Å². The summed E-state index contributed by atoms with van der Waals surface area (Å²) in [6.07, 6.45) is 0. The lowest BCUT2D eigenvalue weighted by Gasteiger charge is -2.13. The molecular formula is C12H17N3O5. The van der Waals surface area contributed by atoms with E-state index in [0.717, 1.165) is 0 Å². The predicted octanol–water partition coefficient (Wildman–Crippen LogP) is 1.03. The maximum atomic E-state index is 10.8. The molecule has 2 amide bonds. The number of carbonyl (C=O) groups is 2. The van der Waals surface area contributed by atoms with Crippen LogP contribution < -0.4 is 5.32 Å². The molecule has 8 nitrogen and oxygen atoms in total. The maximum Gasteiger partial charge on any atom is 0.325 e. The number of likely N-dealkylation sites (N-methyl/N-ethyl adjacent to an activating group) is 1. The monoisotopic (exact) mass is 283 g/mol. The molecule has 1 rings (SSSR count). The van der Waals surface area contributed by atoms with Crippen LogP contribution in [0.15, 0.2) is 30.3 Å². The molecular weight excluding hydrogens is 266 g/mol. The summed E-state index contributed by atoms with van der Waals surface area (Å²) >= 11 is 0. The van der Waals surface area contributed by atoms with Crippen molar-refractivity contribution in [3.05, 3.63) is 40.4 Å². The zero-order chi connectivity index (χ0) is 15.5. The number of non-ortho nitro benzene ring substituents is 1. The van der Waals surface area contributed by atoms with Crippen molar-refractivity contribution < 1.29 is 19.2 Å². The molecule has 0 radical (unpaired) electrons. The summed E-state index contributed by atoms with van der Waals surface area (Å²) < 4.78 is 4.35. The van der Waals surface area contributed by atoms with Crippen LogP contribution in [0.25, 0.3) is 0 Å². The van der Waals surface area contributed by atoms with Crippen LogP contribution in [0, 0.1) is 10.1 Å². The van der Waals surface area contributed by atoms with Crippen molar-refractivity contribution >= 4 is 17.7 Å². The quantitative estimate of drug-likeness (QED) is 0.507. The highest BCUT2D eigenvalue weighted by Crippen LogP contribution is 2.06. The number of nitrogens with one attached hydrogen (secondary N) is 1. The molecule has 0 heterocycles. The molecule has 0 aromatic heterocycles. The number of amides is 2. The van der Waals surface area contributed by atoms with Crippen molar-refractivity contribution in [3.8, 4) is 0 Å². The van der Waals surface area contributed by atoms with Gasteiger partial charge in [0.05, 0.1) is 12.0 Å². The fraction of sp³-hybridized carbons (Fsp3) is 0.333. The number of nitro benzene ring substituents is 1. The molecule has 0 fully saturated rings. The molecule has 0 unspecified atom stereocenters. The summed E-state index contributed by atoms with van der Waals surface area (Å²) in [6.45, 7) is -0.0316. The van der Waals surface area contributed by atoms with Gasteiger partial charge in [0.15, 0.2) is 0 Å². The Kier molecular flexibility index (Phi) is 8.08. The lowest BCUT2D eigenvalue weighted by Crippen LogP contribution is -2.38. The highest BCUT2D eigenvalue weighted by molar-refractivity contribution is 5.80. The number of benzene rings is 1. The van der Waals surface area contributed by atoms with Gasteiger partial charge in [-0.1, -0.05) is 18.2 Å². The van der Waals surface area contributed by atoms with E-state index in [9.17, 15) is 19.7 Å². The molecule has 1 aromatic rings. The summed E-state index contributed by atoms with van der Waals surface area (Å²) in [5, 5.41) is 12.4. The number of nitro groups is 1. The minimum Gasteiger partial charge on any atom is -0.468 e. The Morgan fingerprint density at radius 3 is 2.25 bits per heavy atom. The molecule has 0 aliphatic heterocycles. The van der Waals surface area contributed by atoms with Crippen molar-refractivity contribution in [2.24, 2.45) is 0 Å². The molecule has 0 aliphatic rings. The van der Waals surface area contributed by atoms with Gasteiger partial charge in [-0.3, -0.25) is 14.9 Å². The van der Waals surface area contributed by atoms with Crippen LogP contribution in [0.3, 0.4) is 0 Å². The van der Waals surface area contributed by atoms with E-state index >= 15 is 0 Å². The topological polar surface area (TPSA) is 102 Å². The van der Waals surface area contributed by atoms with E-state index in [4.69, 9.17) is 0 Å². The van der Waals surface area contributed by atoms with Gasteiger partial charge in [-0.2, -0.15) is 0 Å². The number of nitrogens with zero attached hydrogens (tertiary/aromatic N) is 2. The van der Waals surface area contributed by atoms with E-state index in [1.165, 1.54) is 38.2 Å². The molecule has 20 heavy (non-hydrogen) atoms. The molecule has 0 saturated heterocycles. The lowest BCUT2D eigenvalue weighted by atomic mass is 10.3. The Balaban J connectivity index is 0.000000367. The molecule has 0 aliphatic carbocycles. The number of esters is 1. The van der Waals surface area contributed by atoms with Crippen LogP contribution in [-0.4, -0.2) is 49.6 Å². The van der Waals surface area contributed by atoms with Crippen molar-refractivity contribution in [1.29, 1.82) is 0 Å². The van der Waals surface area contributed by atoms with Crippen molar-refractivity contribution in [2.45, 2.75) is 0 Å². The Hall–Kier alpha value is -2.64. The van der Waals surface area contributed by atoms with Crippen LogP contribution in [0.5, 0.6) is 0 Å². The van der Waals surface area contributed by atoms with Crippen LogP contribution in [0.2, 0.25) is 0 Å². The second kappa shape index (κ2) is 9.31. The van der Waals surface area contributed by atoms with E-state index in [1.54, 1.807) is 18.2 Å². The van der Waals surface area contributed by atoms with Crippen molar-refractivity contribution in [2.75, 3.05) is 27.7 Å². The van der Waals surface area contributed by atoms with E-state index in [1.807, 2.05) is 0 Å². The van der Waals surface area contributed by atoms with Crippen LogP contribution in [0.4, 0.5) is 10.5 Å². The third-order valence-corrected chi connectivity index (χ3v) is 2.12. The van der Waals surface area contributed by atoms with Gasteiger partial charge in [-0.15, -0.1) is 0 Å². The molecule has 0 atom stereocenters. The number of urea groups is 1. The highest BCUT2D eigenvalue weighted by atomic mass is 16.6. The second-order valence-electron chi connectivity index (χ2n) is 3.58. The molecule has 0 spiro atoms. The number of ether oxygens (including phenoxy) is 1. The van der Waals surface area contributed by atoms with Gasteiger partial charge >= 0.3 is 12.0 Å². The smallest absolute Gasteiger partial charge is 0.325 e. The van der Waals surface area contributed by atoms with Gasteiger partial charge in [-0.25, -0.2) is 4.79 Å². The number of para-hydroxylation sites is 1. The number of carbonyl (C=O) groups excluding carboxylic acids is 2. The predicted molar refractivity (Wildman–Crippen MR) is 72.2 cm³/mol. The SMILES string of the molecule is CNC(=O)N(C)CC(=O)OC.O=[N+]([O-])c1ccccc1. The third-order valence-electron chi connectivity index (χ3n) is 2.12. The summed E-state index contributed by atoms with van der Waals surface area (Å²) in [5.74, 6) is -0.434. The average molecular weight is 283 g/mol. The lowest BCUT2D eigenvalue weighted by molar-refractivity contribution is -0.384. The Morgan fingerprint density at radius 1 is 1.35 bits per heavy atom. The van der Waals surface area contributed by atoms with E-state index < -0.39 is 10.9 Å². The fourth-order valence-corrected chi connectivity index (χ4v) is 1.07. The van der Waals surface area contributed by atoms with E-state index in [2.05, 4.69) is 10.1 Å². The standard InChI is InChI=1S/C6H12N2O3.C6H5NO2/c1-7-6(10)8(2)4-5(9)11-3;8-7(9)6-4-2-1-3-5-6/h4H2,1-3H3,(H,7,10);1-5H. The number of rotatable bonds is 3. The Bertz CT molecular complexity index is 450. The summed E-state index contributed by atoms with van der Waals surface area (Å²) in [6, 6.07) is 7.62. The fourth-order valence-electron chi connectivity index (χ4n) is 1.07. The first-order valence-corrected chi connectivity index (χ1v) is 5.61. The third kappa shape index (κ3) is 6.94. The summed E-state index contributed by atoms with van der Waals surface area (Å²) in [5.41, 5.74) is 0.137. The second-order valence-corrected chi connectivity index (χ2v) is 3.58. The minimum absolute atomic E-state index is 0.0316. The van der Waals surface area contributed by atoms with Gasteiger partial charge < -0.3 is 15.0 Å².